The second-order valence-electron chi connectivity index (χ2n) is 9.24. The summed E-state index contributed by atoms with van der Waals surface area (Å²) in [6.07, 6.45) is -10.5. The van der Waals surface area contributed by atoms with Gasteiger partial charge in [0.2, 0.25) is 21.8 Å². The summed E-state index contributed by atoms with van der Waals surface area (Å²) in [7, 11) is -4.48. The van der Waals surface area contributed by atoms with Crippen molar-refractivity contribution in [1.29, 1.82) is 0 Å². The number of amides is 1. The minimum atomic E-state index is -4.87. The molecule has 1 N–H and O–H groups in total. The molecule has 0 saturated carbocycles. The van der Waals surface area contributed by atoms with Crippen LogP contribution < -0.4 is 10.1 Å². The number of hydrogen-bond donors (Lipinski definition) is 1. The first-order valence-electron chi connectivity index (χ1n) is 12.1. The normalized spacial score (nSPS) is 19.8. The Labute approximate surface area is 238 Å². The average Bonchev–Trinajstić information content (AvgIpc) is 3.24. The molecule has 1 amide bonds. The number of sulfonamides is 1. The molecule has 0 aliphatic carbocycles. The number of rotatable bonds is 8. The van der Waals surface area contributed by atoms with E-state index in [0.29, 0.717) is 16.7 Å². The molecule has 1 aliphatic rings. The Balaban J connectivity index is 1.59. The fourth-order valence-electron chi connectivity index (χ4n) is 4.12. The molecule has 1 fully saturated rings. The molecule has 4 rings (SSSR count). The van der Waals surface area contributed by atoms with Gasteiger partial charge in [0.15, 0.2) is 6.61 Å². The molecule has 0 unspecified atom stereocenters. The summed E-state index contributed by atoms with van der Waals surface area (Å²) in [6, 6.07) is 1.06. The van der Waals surface area contributed by atoms with Gasteiger partial charge in [-0.3, -0.25) is 4.79 Å². The Morgan fingerprint density at radius 1 is 1.07 bits per heavy atom. The third kappa shape index (κ3) is 7.51. The van der Waals surface area contributed by atoms with E-state index in [1.54, 1.807) is 0 Å². The first-order chi connectivity index (χ1) is 20.0. The van der Waals surface area contributed by atoms with Crippen molar-refractivity contribution in [3.63, 3.8) is 0 Å². The van der Waals surface area contributed by atoms with Gasteiger partial charge in [0.05, 0.1) is 28.9 Å². The van der Waals surface area contributed by atoms with E-state index in [-0.39, 0.29) is 17.0 Å². The second kappa shape index (κ2) is 11.9. The Hall–Kier alpha value is -4.00. The molecule has 43 heavy (non-hydrogen) atoms. The van der Waals surface area contributed by atoms with Crippen LogP contribution in [0.5, 0.6) is 6.01 Å². The van der Waals surface area contributed by atoms with Crippen LogP contribution in [0, 0.1) is 5.82 Å². The van der Waals surface area contributed by atoms with Crippen LogP contribution in [0.4, 0.5) is 35.1 Å². The van der Waals surface area contributed by atoms with Crippen molar-refractivity contribution in [3.05, 3.63) is 60.1 Å². The number of nitrogens with one attached hydrogen (secondary N) is 1. The van der Waals surface area contributed by atoms with Crippen LogP contribution in [0.3, 0.4) is 0 Å². The monoisotopic (exact) mass is 640 g/mol. The lowest BCUT2D eigenvalue weighted by Crippen LogP contribution is -2.48. The van der Waals surface area contributed by atoms with E-state index in [4.69, 9.17) is 0 Å². The lowest BCUT2D eigenvalue weighted by molar-refractivity contribution is -0.154. The maximum absolute atomic E-state index is 14.7. The largest absolute Gasteiger partial charge is 0.454 e. The van der Waals surface area contributed by atoms with Gasteiger partial charge in [-0.1, -0.05) is 0 Å². The Morgan fingerprint density at radius 2 is 1.70 bits per heavy atom. The molecule has 3 heterocycles. The summed E-state index contributed by atoms with van der Waals surface area (Å²) >= 11 is 0. The van der Waals surface area contributed by atoms with Crippen molar-refractivity contribution in [2.45, 2.75) is 55.4 Å². The summed E-state index contributed by atoms with van der Waals surface area (Å²) in [6.45, 7) is -1.14. The van der Waals surface area contributed by atoms with Crippen molar-refractivity contribution in [3.8, 4) is 17.3 Å². The minimum Gasteiger partial charge on any atom is -0.454 e. The quantitative estimate of drug-likeness (QED) is 0.368. The van der Waals surface area contributed by atoms with Gasteiger partial charge in [-0.2, -0.15) is 40.6 Å². The molecule has 0 radical (unpaired) electrons. The number of carbonyl (C=O) groups is 1. The molecular formula is C24H20F8N6O4S. The standard InChI is InChI=1S/C24H20F8N6O4S/c1-12-17(26)7-19(38(12)43(40,41)16-4-2-14(25)3-5-16)20(39)33-10-15-6-18(37-22(36-15)42-11-23(27,28)29)13-8-34-21(35-9-13)24(30,31)32/h2-6,8-9,12,17,19H,7,10-11H2,1H3,(H,33,39)/t12-,17+,19-/m0/s1. The molecule has 2 aromatic heterocycles. The number of aromatic nitrogens is 4. The van der Waals surface area contributed by atoms with Crippen LogP contribution in [0.15, 0.2) is 47.6 Å². The molecule has 232 valence electrons. The lowest BCUT2D eigenvalue weighted by Gasteiger charge is -2.26. The lowest BCUT2D eigenvalue weighted by atomic mass is 10.1. The van der Waals surface area contributed by atoms with Crippen molar-refractivity contribution in [1.82, 2.24) is 29.6 Å². The first-order valence-corrected chi connectivity index (χ1v) is 13.6. The predicted molar refractivity (Wildman–Crippen MR) is 130 cm³/mol. The third-order valence-electron chi connectivity index (χ3n) is 6.14. The SMILES string of the molecule is C[C@H]1[C@H](F)C[C@@H](C(=O)NCc2cc(-c3cnc(C(F)(F)F)nc3)nc(OCC(F)(F)F)n2)N1S(=O)(=O)c1ccc(F)cc1. The zero-order valence-corrected chi connectivity index (χ0v) is 22.5. The molecule has 1 aromatic carbocycles. The van der Waals surface area contributed by atoms with Gasteiger partial charge in [-0.05, 0) is 37.3 Å². The van der Waals surface area contributed by atoms with Gasteiger partial charge < -0.3 is 10.1 Å². The van der Waals surface area contributed by atoms with Gasteiger partial charge in [0, 0.05) is 24.4 Å². The molecule has 0 spiro atoms. The van der Waals surface area contributed by atoms with Crippen LogP contribution >= 0.6 is 0 Å². The molecule has 19 heteroatoms. The highest BCUT2D eigenvalue weighted by molar-refractivity contribution is 7.89. The number of ether oxygens (including phenoxy) is 1. The smallest absolute Gasteiger partial charge is 0.451 e. The van der Waals surface area contributed by atoms with Crippen LogP contribution in [0.2, 0.25) is 0 Å². The summed E-state index contributed by atoms with van der Waals surface area (Å²) in [5.41, 5.74) is -0.628. The summed E-state index contributed by atoms with van der Waals surface area (Å²) in [4.78, 5) is 26.5. The number of halogens is 8. The summed E-state index contributed by atoms with van der Waals surface area (Å²) in [5.74, 6) is -3.20. The summed E-state index contributed by atoms with van der Waals surface area (Å²) < 4.78 is 136. The number of nitrogens with zero attached hydrogens (tertiary/aromatic N) is 5. The zero-order chi connectivity index (χ0) is 31.7. The third-order valence-corrected chi connectivity index (χ3v) is 8.15. The predicted octanol–water partition coefficient (Wildman–Crippen LogP) is 3.84. The van der Waals surface area contributed by atoms with Crippen LogP contribution in [-0.2, 0) is 27.5 Å². The van der Waals surface area contributed by atoms with Gasteiger partial charge in [0.25, 0.3) is 0 Å². The summed E-state index contributed by atoms with van der Waals surface area (Å²) in [5, 5.41) is 2.33. The molecular weight excluding hydrogens is 620 g/mol. The number of benzene rings is 1. The van der Waals surface area contributed by atoms with E-state index in [9.17, 15) is 48.3 Å². The van der Waals surface area contributed by atoms with Crippen LogP contribution in [0.1, 0.15) is 24.9 Å². The fourth-order valence-corrected chi connectivity index (χ4v) is 5.93. The van der Waals surface area contributed by atoms with Crippen LogP contribution in [-0.4, -0.2) is 69.6 Å². The Kier molecular flexibility index (Phi) is 8.87. The van der Waals surface area contributed by atoms with E-state index in [1.165, 1.54) is 6.92 Å². The van der Waals surface area contributed by atoms with Gasteiger partial charge in [0.1, 0.15) is 18.0 Å². The van der Waals surface area contributed by atoms with Crippen molar-refractivity contribution in [2.75, 3.05) is 6.61 Å². The van der Waals surface area contributed by atoms with Crippen LogP contribution in [0.25, 0.3) is 11.3 Å². The topological polar surface area (TPSA) is 127 Å². The number of carbonyl (C=O) groups excluding carboxylic acids is 1. The molecule has 0 bridgehead atoms. The molecule has 3 aromatic rings. The number of alkyl halides is 7. The molecule has 1 aliphatic heterocycles. The van der Waals surface area contributed by atoms with E-state index < -0.39 is 88.7 Å². The van der Waals surface area contributed by atoms with E-state index in [0.717, 1.165) is 30.3 Å². The van der Waals surface area contributed by atoms with Gasteiger partial charge in [-0.15, -0.1) is 0 Å². The average molecular weight is 641 g/mol. The fraction of sp³-hybridized carbons (Fsp3) is 0.375. The molecule has 10 nitrogen and oxygen atoms in total. The number of hydrogen-bond acceptors (Lipinski definition) is 8. The minimum absolute atomic E-state index is 0.165. The highest BCUT2D eigenvalue weighted by Crippen LogP contribution is 2.33. The molecule has 1 saturated heterocycles. The van der Waals surface area contributed by atoms with Crippen molar-refractivity contribution < 1.29 is 53.1 Å². The zero-order valence-electron chi connectivity index (χ0n) is 21.7. The van der Waals surface area contributed by atoms with Gasteiger partial charge in [-0.25, -0.2) is 27.2 Å². The van der Waals surface area contributed by atoms with Crippen molar-refractivity contribution in [2.24, 2.45) is 0 Å². The highest BCUT2D eigenvalue weighted by atomic mass is 32.2. The van der Waals surface area contributed by atoms with Crippen molar-refractivity contribution >= 4 is 15.9 Å². The molecule has 3 atom stereocenters. The van der Waals surface area contributed by atoms with E-state index >= 15 is 0 Å². The van der Waals surface area contributed by atoms with E-state index in [1.807, 2.05) is 0 Å². The highest BCUT2D eigenvalue weighted by Gasteiger charge is 2.49. The van der Waals surface area contributed by atoms with Gasteiger partial charge >= 0.3 is 18.4 Å². The first kappa shape index (κ1) is 31.9. The maximum atomic E-state index is 14.7. The Morgan fingerprint density at radius 3 is 2.28 bits per heavy atom. The second-order valence-corrected chi connectivity index (χ2v) is 11.1. The maximum Gasteiger partial charge on any atom is 0.451 e. The van der Waals surface area contributed by atoms with E-state index in [2.05, 4.69) is 30.0 Å². The Bertz CT molecular complexity index is 1570.